The molecule has 0 aliphatic rings. The highest BCUT2D eigenvalue weighted by Gasteiger charge is 2.31. The first-order valence-corrected chi connectivity index (χ1v) is 11.7. The fourth-order valence-corrected chi connectivity index (χ4v) is 3.37. The predicted molar refractivity (Wildman–Crippen MR) is 127 cm³/mol. The first kappa shape index (κ1) is 31.3. The van der Waals surface area contributed by atoms with E-state index >= 15 is 0 Å². The van der Waals surface area contributed by atoms with Crippen LogP contribution in [0.3, 0.4) is 0 Å². The van der Waals surface area contributed by atoms with Gasteiger partial charge in [0.05, 0.1) is 6.04 Å². The lowest BCUT2D eigenvalue weighted by Crippen LogP contribution is -2.57. The molecule has 34 heavy (non-hydrogen) atoms. The van der Waals surface area contributed by atoms with Gasteiger partial charge in [-0.05, 0) is 43.4 Å². The fraction of sp³-hybridized carbons (Fsp3) is 0.783. The summed E-state index contributed by atoms with van der Waals surface area (Å²) < 4.78 is 0. The fourth-order valence-electron chi connectivity index (χ4n) is 3.37. The van der Waals surface area contributed by atoms with Crippen LogP contribution >= 0.6 is 0 Å². The van der Waals surface area contributed by atoms with Crippen molar-refractivity contribution in [3.05, 3.63) is 0 Å². The molecule has 0 rings (SSSR count). The van der Waals surface area contributed by atoms with E-state index in [1.807, 2.05) is 27.7 Å². The van der Waals surface area contributed by atoms with Crippen molar-refractivity contribution in [1.82, 2.24) is 16.0 Å². The Morgan fingerprint density at radius 3 is 1.50 bits per heavy atom. The molecule has 0 spiro atoms. The smallest absolute Gasteiger partial charge is 0.326 e. The molecule has 0 radical (unpaired) electrons. The molecule has 11 nitrogen and oxygen atoms in total. The second-order valence-corrected chi connectivity index (χ2v) is 9.95. The van der Waals surface area contributed by atoms with Gasteiger partial charge in [0.1, 0.15) is 18.1 Å². The number of hydrogen-bond acceptors (Lipinski definition) is 6. The molecule has 0 saturated heterocycles. The largest absolute Gasteiger partial charge is 0.481 e. The molecular formula is C23H42N4O7. The Morgan fingerprint density at radius 1 is 0.647 bits per heavy atom. The number of carbonyl (C=O) groups excluding carboxylic acids is 3. The average Bonchev–Trinajstić information content (AvgIpc) is 2.68. The highest BCUT2D eigenvalue weighted by atomic mass is 16.4. The third kappa shape index (κ3) is 13.1. The molecule has 0 heterocycles. The monoisotopic (exact) mass is 486 g/mol. The van der Waals surface area contributed by atoms with Crippen LogP contribution in [0.2, 0.25) is 0 Å². The van der Waals surface area contributed by atoms with Crippen molar-refractivity contribution in [3.8, 4) is 0 Å². The molecule has 4 atom stereocenters. The Morgan fingerprint density at radius 2 is 1.06 bits per heavy atom. The van der Waals surface area contributed by atoms with Gasteiger partial charge in [-0.2, -0.15) is 0 Å². The van der Waals surface area contributed by atoms with E-state index in [0.717, 1.165) is 0 Å². The van der Waals surface area contributed by atoms with Crippen LogP contribution in [0.5, 0.6) is 0 Å². The molecule has 196 valence electrons. The van der Waals surface area contributed by atoms with E-state index in [1.54, 1.807) is 13.8 Å². The van der Waals surface area contributed by atoms with Crippen LogP contribution in [-0.2, 0) is 24.0 Å². The number of aliphatic carboxylic acids is 2. The minimum absolute atomic E-state index is 0.0193. The number of carboxylic acid groups (broad SMARTS) is 2. The zero-order valence-electron chi connectivity index (χ0n) is 21.1. The number of hydrogen-bond donors (Lipinski definition) is 6. The standard InChI is InChI=1S/C23H42N4O7/c1-12(2)9-15(24)20(30)26-17(10-13(3)4)22(32)25-16(7-8-19(28)29)21(31)27-18(23(33)34)11-14(5)6/h12-18H,7-11,24H2,1-6H3,(H,25,32)(H,26,30)(H,27,31)(H,28,29)(H,33,34)/t15-,16-,17-,18-/m0/s1. The van der Waals surface area contributed by atoms with Gasteiger partial charge in [-0.25, -0.2) is 4.79 Å². The van der Waals surface area contributed by atoms with Gasteiger partial charge >= 0.3 is 11.9 Å². The highest BCUT2D eigenvalue weighted by molar-refractivity contribution is 5.94. The lowest BCUT2D eigenvalue weighted by atomic mass is 9.99. The van der Waals surface area contributed by atoms with Gasteiger partial charge in [0.2, 0.25) is 17.7 Å². The number of nitrogens with two attached hydrogens (primary N) is 1. The maximum absolute atomic E-state index is 13.0. The summed E-state index contributed by atoms with van der Waals surface area (Å²) in [6, 6.07) is -4.26. The van der Waals surface area contributed by atoms with E-state index in [4.69, 9.17) is 10.8 Å². The van der Waals surface area contributed by atoms with Gasteiger partial charge < -0.3 is 31.9 Å². The van der Waals surface area contributed by atoms with Crippen LogP contribution in [-0.4, -0.2) is 64.0 Å². The van der Waals surface area contributed by atoms with Gasteiger partial charge in [-0.15, -0.1) is 0 Å². The topological polar surface area (TPSA) is 188 Å². The molecule has 0 aliphatic heterocycles. The molecule has 0 saturated carbocycles. The summed E-state index contributed by atoms with van der Waals surface area (Å²) in [4.78, 5) is 60.9. The molecular weight excluding hydrogens is 444 g/mol. The van der Waals surface area contributed by atoms with Gasteiger partial charge in [0, 0.05) is 6.42 Å². The van der Waals surface area contributed by atoms with Crippen LogP contribution in [0, 0.1) is 17.8 Å². The van der Waals surface area contributed by atoms with Gasteiger partial charge in [-0.3, -0.25) is 19.2 Å². The Bertz CT molecular complexity index is 709. The minimum Gasteiger partial charge on any atom is -0.481 e. The van der Waals surface area contributed by atoms with Gasteiger partial charge in [-0.1, -0.05) is 41.5 Å². The van der Waals surface area contributed by atoms with E-state index in [9.17, 15) is 29.1 Å². The van der Waals surface area contributed by atoms with Crippen molar-refractivity contribution in [1.29, 1.82) is 0 Å². The third-order valence-corrected chi connectivity index (χ3v) is 5.00. The Hall–Kier alpha value is -2.69. The van der Waals surface area contributed by atoms with Gasteiger partial charge in [0.15, 0.2) is 0 Å². The summed E-state index contributed by atoms with van der Waals surface area (Å²) in [5.74, 6) is -4.18. The van der Waals surface area contributed by atoms with Gasteiger partial charge in [0.25, 0.3) is 0 Å². The summed E-state index contributed by atoms with van der Waals surface area (Å²) in [6.45, 7) is 11.2. The summed E-state index contributed by atoms with van der Waals surface area (Å²) in [7, 11) is 0. The van der Waals surface area contributed by atoms with Crippen molar-refractivity contribution in [2.75, 3.05) is 0 Å². The summed E-state index contributed by atoms with van der Waals surface area (Å²) in [6.07, 6.45) is 0.208. The first-order valence-electron chi connectivity index (χ1n) is 11.7. The number of amides is 3. The van der Waals surface area contributed by atoms with Crippen molar-refractivity contribution < 1.29 is 34.2 Å². The number of carbonyl (C=O) groups is 5. The Kier molecular flexibility index (Phi) is 14.1. The van der Waals surface area contributed by atoms with Crippen molar-refractivity contribution in [2.24, 2.45) is 23.5 Å². The molecule has 0 fully saturated rings. The minimum atomic E-state index is -1.28. The number of rotatable bonds is 16. The molecule has 11 heteroatoms. The predicted octanol–water partition coefficient (Wildman–Crippen LogP) is 0.856. The summed E-state index contributed by atoms with van der Waals surface area (Å²) >= 11 is 0. The third-order valence-electron chi connectivity index (χ3n) is 5.00. The van der Waals surface area contributed by atoms with E-state index in [0.29, 0.717) is 6.42 Å². The number of carboxylic acids is 2. The average molecular weight is 487 g/mol. The van der Waals surface area contributed by atoms with Crippen LogP contribution in [0.1, 0.15) is 73.6 Å². The zero-order chi connectivity index (χ0) is 26.6. The highest BCUT2D eigenvalue weighted by Crippen LogP contribution is 2.10. The normalized spacial score (nSPS) is 14.9. The van der Waals surface area contributed by atoms with E-state index in [2.05, 4.69) is 16.0 Å². The van der Waals surface area contributed by atoms with Crippen LogP contribution < -0.4 is 21.7 Å². The maximum Gasteiger partial charge on any atom is 0.326 e. The van der Waals surface area contributed by atoms with E-state index in [-0.39, 0.29) is 37.0 Å². The Labute approximate surface area is 201 Å². The van der Waals surface area contributed by atoms with Crippen LogP contribution in [0.4, 0.5) is 0 Å². The van der Waals surface area contributed by atoms with Crippen LogP contribution in [0.25, 0.3) is 0 Å². The quantitative estimate of drug-likeness (QED) is 0.185. The van der Waals surface area contributed by atoms with Crippen molar-refractivity contribution in [3.63, 3.8) is 0 Å². The van der Waals surface area contributed by atoms with E-state index < -0.39 is 60.2 Å². The lowest BCUT2D eigenvalue weighted by Gasteiger charge is -2.26. The molecule has 0 unspecified atom stereocenters. The lowest BCUT2D eigenvalue weighted by molar-refractivity contribution is -0.143. The second-order valence-electron chi connectivity index (χ2n) is 9.95. The molecule has 0 aromatic rings. The molecule has 0 aliphatic carbocycles. The van der Waals surface area contributed by atoms with E-state index in [1.165, 1.54) is 0 Å². The zero-order valence-corrected chi connectivity index (χ0v) is 21.1. The van der Waals surface area contributed by atoms with Crippen LogP contribution in [0.15, 0.2) is 0 Å². The molecule has 7 N–H and O–H groups in total. The van der Waals surface area contributed by atoms with Crippen molar-refractivity contribution in [2.45, 2.75) is 97.8 Å². The maximum atomic E-state index is 13.0. The Balaban J connectivity index is 5.57. The van der Waals surface area contributed by atoms with Crippen molar-refractivity contribution >= 4 is 29.7 Å². The summed E-state index contributed by atoms with van der Waals surface area (Å²) in [5.41, 5.74) is 5.92. The molecule has 0 aromatic carbocycles. The second kappa shape index (κ2) is 15.3. The molecule has 0 aromatic heterocycles. The number of nitrogens with one attached hydrogen (secondary N) is 3. The summed E-state index contributed by atoms with van der Waals surface area (Å²) in [5, 5.41) is 25.9. The SMILES string of the molecule is CC(C)C[C@H](NC(=O)[C@H](CCC(=O)O)NC(=O)[C@H](CC(C)C)NC(=O)[C@@H](N)CC(C)C)C(=O)O. The first-order chi connectivity index (χ1) is 15.6. The molecule has 3 amide bonds. The molecule has 0 bridgehead atoms.